The molecular weight excluding hydrogens is 492 g/mol. The number of nitrogens with one attached hydrogen (secondary N) is 1. The molecule has 0 radical (unpaired) electrons. The van der Waals surface area contributed by atoms with Crippen LogP contribution in [-0.4, -0.2) is 46.7 Å². The molecule has 4 aromatic rings. The molecule has 190 valence electrons. The zero-order valence-electron chi connectivity index (χ0n) is 20.3. The minimum atomic E-state index is -0.162. The fourth-order valence-electron chi connectivity index (χ4n) is 3.74. The third-order valence-electron chi connectivity index (χ3n) is 5.54. The molecule has 0 saturated carbocycles. The topological polar surface area (TPSA) is 96.7 Å². The largest absolute Gasteiger partial charge is 0.497 e. The number of thioether (sulfide) groups is 1. The van der Waals surface area contributed by atoms with E-state index < -0.39 is 0 Å². The molecule has 0 bridgehead atoms. The van der Waals surface area contributed by atoms with Crippen LogP contribution < -0.4 is 24.3 Å². The van der Waals surface area contributed by atoms with Crippen LogP contribution in [0.3, 0.4) is 0 Å². The molecule has 1 amide bonds. The Morgan fingerprint density at radius 3 is 2.62 bits per heavy atom. The van der Waals surface area contributed by atoms with Gasteiger partial charge in [-0.05, 0) is 29.8 Å². The van der Waals surface area contributed by atoms with Gasteiger partial charge in [0.1, 0.15) is 31.3 Å². The van der Waals surface area contributed by atoms with Crippen LogP contribution in [0.4, 0.5) is 5.69 Å². The molecule has 0 saturated heterocycles. The van der Waals surface area contributed by atoms with Crippen molar-refractivity contribution in [2.45, 2.75) is 18.3 Å². The van der Waals surface area contributed by atoms with Gasteiger partial charge < -0.3 is 24.3 Å². The summed E-state index contributed by atoms with van der Waals surface area (Å²) in [5.41, 5.74) is 1.74. The minimum absolute atomic E-state index is 0.162. The number of ether oxygens (including phenoxy) is 4. The monoisotopic (exact) mass is 518 g/mol. The van der Waals surface area contributed by atoms with E-state index in [0.717, 1.165) is 5.56 Å². The van der Waals surface area contributed by atoms with Crippen molar-refractivity contribution in [3.05, 3.63) is 84.2 Å². The van der Waals surface area contributed by atoms with Crippen LogP contribution in [0.15, 0.2) is 78.0 Å². The fourth-order valence-corrected chi connectivity index (χ4v) is 4.50. The lowest BCUT2D eigenvalue weighted by Crippen LogP contribution is -2.17. The van der Waals surface area contributed by atoms with Crippen LogP contribution in [0, 0.1) is 0 Å². The van der Waals surface area contributed by atoms with Gasteiger partial charge in [-0.2, -0.15) is 0 Å². The quantitative estimate of drug-likeness (QED) is 0.308. The average Bonchev–Trinajstić information content (AvgIpc) is 3.32. The standard InChI is InChI=1S/C27H26N4O5S/c1-33-21-8-5-9-22(15-21)36-17-25-29-30-27(31(25)16-19-6-3-2-4-7-19)37-18-26(32)28-20-10-11-23-24(14-20)35-13-12-34-23/h2-11,14-15H,12-13,16-18H2,1H3,(H,28,32). The Hall–Kier alpha value is -4.18. The molecular formula is C27H26N4O5S. The van der Waals surface area contributed by atoms with Gasteiger partial charge in [-0.3, -0.25) is 9.36 Å². The maximum Gasteiger partial charge on any atom is 0.234 e. The number of rotatable bonds is 10. The summed E-state index contributed by atoms with van der Waals surface area (Å²) in [4.78, 5) is 12.7. The molecule has 1 N–H and O–H groups in total. The summed E-state index contributed by atoms with van der Waals surface area (Å²) in [6.45, 7) is 1.78. The van der Waals surface area contributed by atoms with Gasteiger partial charge in [0.2, 0.25) is 5.91 Å². The maximum absolute atomic E-state index is 12.7. The van der Waals surface area contributed by atoms with Crippen LogP contribution in [-0.2, 0) is 17.9 Å². The first-order chi connectivity index (χ1) is 18.2. The van der Waals surface area contributed by atoms with E-state index in [1.807, 2.05) is 59.2 Å². The van der Waals surface area contributed by atoms with Crippen molar-refractivity contribution in [2.24, 2.45) is 0 Å². The molecule has 3 aromatic carbocycles. The van der Waals surface area contributed by atoms with Crippen LogP contribution in [0.25, 0.3) is 0 Å². The van der Waals surface area contributed by atoms with E-state index in [2.05, 4.69) is 15.5 Å². The van der Waals surface area contributed by atoms with Gasteiger partial charge in [0.05, 0.1) is 19.4 Å². The Morgan fingerprint density at radius 2 is 1.78 bits per heavy atom. The lowest BCUT2D eigenvalue weighted by atomic mass is 10.2. The summed E-state index contributed by atoms with van der Waals surface area (Å²) in [7, 11) is 1.61. The number of hydrogen-bond donors (Lipinski definition) is 1. The highest BCUT2D eigenvalue weighted by atomic mass is 32.2. The van der Waals surface area contributed by atoms with Crippen molar-refractivity contribution < 1.29 is 23.7 Å². The van der Waals surface area contributed by atoms with Crippen molar-refractivity contribution >= 4 is 23.4 Å². The van der Waals surface area contributed by atoms with Gasteiger partial charge in [0, 0.05) is 17.8 Å². The predicted octanol–water partition coefficient (Wildman–Crippen LogP) is 4.42. The third kappa shape index (κ3) is 6.34. The van der Waals surface area contributed by atoms with E-state index in [-0.39, 0.29) is 18.3 Å². The zero-order chi connectivity index (χ0) is 25.5. The lowest BCUT2D eigenvalue weighted by Gasteiger charge is -2.19. The number of carbonyl (C=O) groups is 1. The normalized spacial score (nSPS) is 12.1. The molecule has 10 heteroatoms. The van der Waals surface area contributed by atoms with E-state index in [4.69, 9.17) is 18.9 Å². The van der Waals surface area contributed by atoms with E-state index in [0.29, 0.717) is 59.4 Å². The first kappa shape index (κ1) is 24.5. The second kappa shape index (κ2) is 11.7. The second-order valence-electron chi connectivity index (χ2n) is 8.13. The summed E-state index contributed by atoms with van der Waals surface area (Å²) in [5.74, 6) is 3.34. The van der Waals surface area contributed by atoms with Crippen molar-refractivity contribution in [3.8, 4) is 23.0 Å². The molecule has 0 unspecified atom stereocenters. The number of aromatic nitrogens is 3. The number of hydrogen-bond acceptors (Lipinski definition) is 8. The minimum Gasteiger partial charge on any atom is -0.497 e. The van der Waals surface area contributed by atoms with Gasteiger partial charge in [-0.1, -0.05) is 48.2 Å². The fraction of sp³-hybridized carbons (Fsp3) is 0.222. The van der Waals surface area contributed by atoms with Gasteiger partial charge in [-0.25, -0.2) is 0 Å². The molecule has 0 fully saturated rings. The van der Waals surface area contributed by atoms with Crippen molar-refractivity contribution in [1.82, 2.24) is 14.8 Å². The number of benzene rings is 3. The van der Waals surface area contributed by atoms with Gasteiger partial charge >= 0.3 is 0 Å². The summed E-state index contributed by atoms with van der Waals surface area (Å²) >= 11 is 1.32. The summed E-state index contributed by atoms with van der Waals surface area (Å²) in [6.07, 6.45) is 0. The Labute approximate surface area is 218 Å². The number of fused-ring (bicyclic) bond motifs is 1. The van der Waals surface area contributed by atoms with Gasteiger partial charge in [0.25, 0.3) is 0 Å². The number of amides is 1. The van der Waals surface area contributed by atoms with Crippen LogP contribution >= 0.6 is 11.8 Å². The summed E-state index contributed by atoms with van der Waals surface area (Å²) in [5, 5.41) is 12.2. The first-order valence-electron chi connectivity index (χ1n) is 11.7. The molecule has 9 nitrogen and oxygen atoms in total. The molecule has 0 atom stereocenters. The van der Waals surface area contributed by atoms with Crippen LogP contribution in [0.2, 0.25) is 0 Å². The maximum atomic E-state index is 12.7. The van der Waals surface area contributed by atoms with E-state index in [1.165, 1.54) is 11.8 Å². The van der Waals surface area contributed by atoms with Crippen LogP contribution in [0.1, 0.15) is 11.4 Å². The Balaban J connectivity index is 1.27. The summed E-state index contributed by atoms with van der Waals surface area (Å²) in [6, 6.07) is 22.8. The van der Waals surface area contributed by atoms with Crippen molar-refractivity contribution in [3.63, 3.8) is 0 Å². The number of nitrogens with zero attached hydrogens (tertiary/aromatic N) is 3. The smallest absolute Gasteiger partial charge is 0.234 e. The van der Waals surface area contributed by atoms with Crippen molar-refractivity contribution in [1.29, 1.82) is 0 Å². The van der Waals surface area contributed by atoms with E-state index in [9.17, 15) is 4.79 Å². The molecule has 0 spiro atoms. The summed E-state index contributed by atoms with van der Waals surface area (Å²) < 4.78 is 24.3. The van der Waals surface area contributed by atoms with Crippen molar-refractivity contribution in [2.75, 3.05) is 31.4 Å². The lowest BCUT2D eigenvalue weighted by molar-refractivity contribution is -0.113. The molecule has 0 aliphatic carbocycles. The van der Waals surface area contributed by atoms with Crippen LogP contribution in [0.5, 0.6) is 23.0 Å². The molecule has 2 heterocycles. The molecule has 1 aliphatic rings. The molecule has 37 heavy (non-hydrogen) atoms. The predicted molar refractivity (Wildman–Crippen MR) is 140 cm³/mol. The average molecular weight is 519 g/mol. The molecule has 1 aromatic heterocycles. The number of carbonyl (C=O) groups excluding carboxylic acids is 1. The van der Waals surface area contributed by atoms with Gasteiger partial charge in [0.15, 0.2) is 22.5 Å². The SMILES string of the molecule is COc1cccc(OCc2nnc(SCC(=O)Nc3ccc4c(c3)OCCO4)n2Cc2ccccc2)c1. The highest BCUT2D eigenvalue weighted by Gasteiger charge is 2.17. The number of methoxy groups -OCH3 is 1. The van der Waals surface area contributed by atoms with Gasteiger partial charge in [-0.15, -0.1) is 10.2 Å². The third-order valence-corrected chi connectivity index (χ3v) is 6.51. The Kier molecular flexibility index (Phi) is 7.75. The highest BCUT2D eigenvalue weighted by Crippen LogP contribution is 2.32. The Morgan fingerprint density at radius 1 is 0.973 bits per heavy atom. The number of anilines is 1. The molecule has 1 aliphatic heterocycles. The van der Waals surface area contributed by atoms with E-state index >= 15 is 0 Å². The second-order valence-corrected chi connectivity index (χ2v) is 9.08. The van der Waals surface area contributed by atoms with E-state index in [1.54, 1.807) is 25.3 Å². The molecule has 5 rings (SSSR count). The zero-order valence-corrected chi connectivity index (χ0v) is 21.1. The Bertz CT molecular complexity index is 1360. The highest BCUT2D eigenvalue weighted by molar-refractivity contribution is 7.99. The first-order valence-corrected chi connectivity index (χ1v) is 12.7.